The van der Waals surface area contributed by atoms with Crippen molar-refractivity contribution in [2.45, 2.75) is 26.8 Å². The van der Waals surface area contributed by atoms with Crippen LogP contribution < -0.4 is 5.32 Å². The number of nitrogens with zero attached hydrogens (tertiary/aromatic N) is 1. The summed E-state index contributed by atoms with van der Waals surface area (Å²) < 4.78 is 5.71. The van der Waals surface area contributed by atoms with Crippen LogP contribution in [0.1, 0.15) is 25.2 Å². The van der Waals surface area contributed by atoms with Crippen LogP contribution in [0.15, 0.2) is 28.7 Å². The third-order valence-corrected chi connectivity index (χ3v) is 3.08. The maximum atomic E-state index is 11.7. The van der Waals surface area contributed by atoms with Crippen LogP contribution in [0.2, 0.25) is 0 Å². The first-order valence-corrected chi connectivity index (χ1v) is 7.63. The Morgan fingerprint density at radius 3 is 2.64 bits per heavy atom. The zero-order valence-corrected chi connectivity index (χ0v) is 13.8. The van der Waals surface area contributed by atoms with Gasteiger partial charge in [-0.15, -0.1) is 0 Å². The lowest BCUT2D eigenvalue weighted by Crippen LogP contribution is -2.23. The van der Waals surface area contributed by atoms with Gasteiger partial charge in [-0.3, -0.25) is 4.79 Å². The van der Waals surface area contributed by atoms with Crippen molar-refractivity contribution < 1.29 is 14.3 Å². The fourth-order valence-corrected chi connectivity index (χ4v) is 1.95. The van der Waals surface area contributed by atoms with E-state index in [1.807, 2.05) is 38.1 Å². The van der Waals surface area contributed by atoms with Gasteiger partial charge in [-0.2, -0.15) is 0 Å². The van der Waals surface area contributed by atoms with Gasteiger partial charge in [0.2, 0.25) is 5.91 Å². The molecule has 0 fully saturated rings. The number of aliphatic hydroxyl groups is 1. The molecule has 5 heteroatoms. The van der Waals surface area contributed by atoms with E-state index in [4.69, 9.17) is 9.52 Å². The van der Waals surface area contributed by atoms with Crippen LogP contribution in [-0.4, -0.2) is 43.2 Å². The summed E-state index contributed by atoms with van der Waals surface area (Å²) in [5.74, 6) is 0.702. The minimum atomic E-state index is 0.0221. The second-order valence-corrected chi connectivity index (χ2v) is 4.95. The highest BCUT2D eigenvalue weighted by molar-refractivity contribution is 5.82. The molecule has 0 unspecified atom stereocenters. The summed E-state index contributed by atoms with van der Waals surface area (Å²) in [5.41, 5.74) is 1.88. The molecule has 1 heterocycles. The van der Waals surface area contributed by atoms with Crippen molar-refractivity contribution in [3.05, 3.63) is 35.6 Å². The summed E-state index contributed by atoms with van der Waals surface area (Å²) in [6.07, 6.45) is 0.278. The second kappa shape index (κ2) is 9.23. The van der Waals surface area contributed by atoms with Crippen molar-refractivity contribution in [3.8, 4) is 0 Å². The van der Waals surface area contributed by atoms with Gasteiger partial charge in [-0.25, -0.2) is 0 Å². The Hall–Kier alpha value is -1.85. The van der Waals surface area contributed by atoms with Crippen LogP contribution in [0.25, 0.3) is 11.0 Å². The molecule has 122 valence electrons. The van der Waals surface area contributed by atoms with E-state index in [1.54, 1.807) is 19.0 Å². The zero-order chi connectivity index (χ0) is 16.5. The highest BCUT2D eigenvalue weighted by Crippen LogP contribution is 2.21. The second-order valence-electron chi connectivity index (χ2n) is 4.95. The van der Waals surface area contributed by atoms with Gasteiger partial charge in [-0.1, -0.05) is 26.0 Å². The first-order valence-electron chi connectivity index (χ1n) is 7.63. The molecule has 0 saturated heterocycles. The number of likely N-dealkylation sites (N-methyl/N-ethyl adjacent to an activating group) is 1. The molecule has 1 aromatic carbocycles. The van der Waals surface area contributed by atoms with Crippen LogP contribution >= 0.6 is 0 Å². The van der Waals surface area contributed by atoms with Gasteiger partial charge in [0, 0.05) is 32.6 Å². The topological polar surface area (TPSA) is 65.7 Å². The molecule has 2 rings (SSSR count). The molecule has 0 aliphatic carbocycles. The van der Waals surface area contributed by atoms with Gasteiger partial charge >= 0.3 is 0 Å². The summed E-state index contributed by atoms with van der Waals surface area (Å²) in [5, 5.41) is 12.8. The number of fused-ring (bicyclic) bond motifs is 1. The number of benzene rings is 1. The predicted molar refractivity (Wildman–Crippen MR) is 88.8 cm³/mol. The fraction of sp³-hybridized carbons (Fsp3) is 0.471. The highest BCUT2D eigenvalue weighted by Gasteiger charge is 2.10. The Bertz CT molecular complexity index is 591. The van der Waals surface area contributed by atoms with Crippen molar-refractivity contribution in [1.29, 1.82) is 0 Å². The number of aliphatic hydroxyl groups excluding tert-OH is 1. The SMILES string of the molecule is CC.CN(C)C(=O)Cc1cc2ccc(CNCCO)cc2o1. The number of nitrogens with one attached hydrogen (secondary N) is 1. The Balaban J connectivity index is 0.00000116. The standard InChI is InChI=1S/C15H20N2O3.C2H6/c1-17(2)15(19)9-13-8-12-4-3-11(7-14(12)20-13)10-16-5-6-18;1-2/h3-4,7-8,16,18H,5-6,9-10H2,1-2H3;1-2H3. The molecule has 0 radical (unpaired) electrons. The van der Waals surface area contributed by atoms with Crippen LogP contribution in [0.5, 0.6) is 0 Å². The fourth-order valence-electron chi connectivity index (χ4n) is 1.95. The molecule has 1 amide bonds. The van der Waals surface area contributed by atoms with Crippen LogP contribution in [-0.2, 0) is 17.8 Å². The highest BCUT2D eigenvalue weighted by atomic mass is 16.3. The first kappa shape index (κ1) is 18.2. The Morgan fingerprint density at radius 1 is 1.27 bits per heavy atom. The van der Waals surface area contributed by atoms with Crippen molar-refractivity contribution in [2.75, 3.05) is 27.2 Å². The number of rotatable bonds is 6. The van der Waals surface area contributed by atoms with Gasteiger partial charge in [0.15, 0.2) is 0 Å². The molecule has 0 atom stereocenters. The summed E-state index contributed by atoms with van der Waals surface area (Å²) in [6, 6.07) is 7.86. The monoisotopic (exact) mass is 306 g/mol. The molecule has 22 heavy (non-hydrogen) atoms. The molecule has 0 aliphatic heterocycles. The van der Waals surface area contributed by atoms with Crippen LogP contribution in [0.4, 0.5) is 0 Å². The Morgan fingerprint density at radius 2 is 2.00 bits per heavy atom. The lowest BCUT2D eigenvalue weighted by Gasteiger charge is -2.07. The molecule has 0 bridgehead atoms. The summed E-state index contributed by atoms with van der Waals surface area (Å²) in [7, 11) is 3.46. The third kappa shape index (κ3) is 5.16. The molecule has 5 nitrogen and oxygen atoms in total. The van der Waals surface area contributed by atoms with Crippen molar-refractivity contribution in [3.63, 3.8) is 0 Å². The average molecular weight is 306 g/mol. The summed E-state index contributed by atoms with van der Waals surface area (Å²) >= 11 is 0. The van der Waals surface area contributed by atoms with Crippen molar-refractivity contribution >= 4 is 16.9 Å². The minimum absolute atomic E-state index is 0.0221. The average Bonchev–Trinajstić information content (AvgIpc) is 2.91. The van der Waals surface area contributed by atoms with Crippen LogP contribution in [0, 0.1) is 0 Å². The quantitative estimate of drug-likeness (QED) is 0.803. The van der Waals surface area contributed by atoms with E-state index in [0.29, 0.717) is 18.8 Å². The van der Waals surface area contributed by atoms with Crippen molar-refractivity contribution in [2.24, 2.45) is 0 Å². The zero-order valence-electron chi connectivity index (χ0n) is 13.8. The van der Waals surface area contributed by atoms with E-state index in [9.17, 15) is 4.79 Å². The van der Waals surface area contributed by atoms with Gasteiger partial charge in [0.25, 0.3) is 0 Å². The first-order chi connectivity index (χ1) is 10.6. The molecule has 0 saturated carbocycles. The molecule has 2 N–H and O–H groups in total. The Kier molecular flexibility index (Phi) is 7.63. The van der Waals surface area contributed by atoms with Crippen molar-refractivity contribution in [1.82, 2.24) is 10.2 Å². The summed E-state index contributed by atoms with van der Waals surface area (Å²) in [6.45, 7) is 5.38. The molecular weight excluding hydrogens is 280 g/mol. The van der Waals surface area contributed by atoms with Gasteiger partial charge in [0.1, 0.15) is 11.3 Å². The summed E-state index contributed by atoms with van der Waals surface area (Å²) in [4.78, 5) is 13.2. The lowest BCUT2D eigenvalue weighted by atomic mass is 10.1. The van der Waals surface area contributed by atoms with Gasteiger partial charge in [-0.05, 0) is 17.7 Å². The molecular formula is C17H26N2O3. The lowest BCUT2D eigenvalue weighted by molar-refractivity contribution is -0.128. The minimum Gasteiger partial charge on any atom is -0.461 e. The van der Waals surface area contributed by atoms with Gasteiger partial charge in [0.05, 0.1) is 13.0 Å². The van der Waals surface area contributed by atoms with Crippen LogP contribution in [0.3, 0.4) is 0 Å². The largest absolute Gasteiger partial charge is 0.461 e. The van der Waals surface area contributed by atoms with E-state index in [2.05, 4.69) is 5.32 Å². The number of furan rings is 1. The number of amides is 1. The Labute approximate surface area is 131 Å². The number of carbonyl (C=O) groups is 1. The number of hydrogen-bond acceptors (Lipinski definition) is 4. The molecule has 0 aliphatic rings. The van der Waals surface area contributed by atoms with E-state index < -0.39 is 0 Å². The molecule has 2 aromatic rings. The normalized spacial score (nSPS) is 10.2. The maximum Gasteiger partial charge on any atom is 0.229 e. The third-order valence-electron chi connectivity index (χ3n) is 3.08. The van der Waals surface area contributed by atoms with E-state index in [0.717, 1.165) is 16.5 Å². The number of hydrogen-bond donors (Lipinski definition) is 2. The predicted octanol–water partition coefficient (Wildman–Crippen LogP) is 2.17. The van der Waals surface area contributed by atoms with E-state index in [1.165, 1.54) is 0 Å². The van der Waals surface area contributed by atoms with E-state index >= 15 is 0 Å². The molecule has 1 aromatic heterocycles. The van der Waals surface area contributed by atoms with E-state index in [-0.39, 0.29) is 18.9 Å². The smallest absolute Gasteiger partial charge is 0.229 e. The molecule has 0 spiro atoms. The maximum absolute atomic E-state index is 11.7. The van der Waals surface area contributed by atoms with Gasteiger partial charge < -0.3 is 19.7 Å². The number of carbonyl (C=O) groups excluding carboxylic acids is 1.